The Balaban J connectivity index is 1.89. The van der Waals surface area contributed by atoms with Gasteiger partial charge in [-0.15, -0.1) is 0 Å². The highest BCUT2D eigenvalue weighted by Gasteiger charge is 2.47. The lowest BCUT2D eigenvalue weighted by molar-refractivity contribution is -0.137. The quantitative estimate of drug-likeness (QED) is 0.499. The third-order valence-electron chi connectivity index (χ3n) is 5.00. The Labute approximate surface area is 188 Å². The number of carbonyl (C=O) groups is 2. The standard InChI is InChI=1S/C21H16BrNO5S2/c1-28-13-8-4-10(5-9-13)14-15(16(24)11-2-6-12(22)7-3-11)18(20(25)26)29-19-17(14)30-21(27)23-19/h2-9,14-15,18H,1H3,(H,23,27)(H,25,26)/t14-,15-,18+/m0/s1. The van der Waals surface area contributed by atoms with Crippen molar-refractivity contribution in [2.24, 2.45) is 5.92 Å². The fourth-order valence-corrected chi connectivity index (χ4v) is 6.31. The van der Waals surface area contributed by atoms with E-state index in [1.807, 2.05) is 12.1 Å². The third-order valence-corrected chi connectivity index (χ3v) is 7.93. The van der Waals surface area contributed by atoms with Gasteiger partial charge in [0, 0.05) is 20.8 Å². The van der Waals surface area contributed by atoms with Crippen molar-refractivity contribution in [2.45, 2.75) is 16.2 Å². The molecule has 6 nitrogen and oxygen atoms in total. The van der Waals surface area contributed by atoms with Crippen molar-refractivity contribution in [3.8, 4) is 5.75 Å². The maximum atomic E-state index is 13.5. The Morgan fingerprint density at radius 2 is 1.77 bits per heavy atom. The van der Waals surface area contributed by atoms with E-state index in [2.05, 4.69) is 20.9 Å². The van der Waals surface area contributed by atoms with Crippen molar-refractivity contribution in [3.63, 3.8) is 0 Å². The summed E-state index contributed by atoms with van der Waals surface area (Å²) in [7, 11) is 1.56. The number of Topliss-reactive ketones (excluding diaryl/α,β-unsaturated/α-hetero) is 1. The molecular weight excluding hydrogens is 490 g/mol. The molecule has 0 bridgehead atoms. The topological polar surface area (TPSA) is 96.5 Å². The van der Waals surface area contributed by atoms with Crippen LogP contribution in [0.5, 0.6) is 5.75 Å². The van der Waals surface area contributed by atoms with E-state index in [1.54, 1.807) is 43.5 Å². The van der Waals surface area contributed by atoms with E-state index in [1.165, 1.54) is 0 Å². The number of rotatable bonds is 5. The molecule has 0 radical (unpaired) electrons. The number of aliphatic carboxylic acids is 1. The lowest BCUT2D eigenvalue weighted by Gasteiger charge is -2.34. The zero-order valence-corrected chi connectivity index (χ0v) is 18.8. The Morgan fingerprint density at radius 3 is 2.37 bits per heavy atom. The number of methoxy groups -OCH3 is 1. The number of carboxylic acids is 1. The summed E-state index contributed by atoms with van der Waals surface area (Å²) in [6.45, 7) is 0. The van der Waals surface area contributed by atoms with Gasteiger partial charge in [0.1, 0.15) is 11.0 Å². The predicted molar refractivity (Wildman–Crippen MR) is 119 cm³/mol. The average molecular weight is 506 g/mol. The van der Waals surface area contributed by atoms with E-state index >= 15 is 0 Å². The number of carbonyl (C=O) groups excluding carboxylic acids is 1. The van der Waals surface area contributed by atoms with Gasteiger partial charge in [-0.05, 0) is 29.8 Å². The van der Waals surface area contributed by atoms with Crippen LogP contribution in [-0.2, 0) is 4.79 Å². The van der Waals surface area contributed by atoms with Crippen LogP contribution in [0.15, 0.2) is 62.8 Å². The van der Waals surface area contributed by atoms with Crippen molar-refractivity contribution in [1.82, 2.24) is 4.98 Å². The van der Waals surface area contributed by atoms with E-state index in [0.717, 1.165) is 33.1 Å². The Bertz CT molecular complexity index is 1150. The molecule has 1 aliphatic heterocycles. The minimum atomic E-state index is -1.09. The summed E-state index contributed by atoms with van der Waals surface area (Å²) < 4.78 is 6.04. The number of carboxylic acid groups (broad SMARTS) is 1. The van der Waals surface area contributed by atoms with Gasteiger partial charge < -0.3 is 14.8 Å². The number of thioether (sulfide) groups is 1. The second-order valence-corrected chi connectivity index (χ2v) is 9.81. The number of benzene rings is 2. The van der Waals surface area contributed by atoms with Crippen LogP contribution in [0, 0.1) is 5.92 Å². The molecule has 0 aliphatic carbocycles. The number of aromatic amines is 1. The Morgan fingerprint density at radius 1 is 1.10 bits per heavy atom. The molecule has 154 valence electrons. The van der Waals surface area contributed by atoms with Crippen LogP contribution >= 0.6 is 39.0 Å². The number of ether oxygens (including phenoxy) is 1. The molecule has 30 heavy (non-hydrogen) atoms. The van der Waals surface area contributed by atoms with Crippen LogP contribution in [-0.4, -0.2) is 34.2 Å². The minimum absolute atomic E-state index is 0.269. The first kappa shape index (κ1) is 20.9. The van der Waals surface area contributed by atoms with Gasteiger partial charge in [-0.2, -0.15) is 0 Å². The molecule has 0 fully saturated rings. The smallest absolute Gasteiger partial charge is 0.317 e. The van der Waals surface area contributed by atoms with E-state index in [-0.39, 0.29) is 10.7 Å². The molecule has 0 saturated heterocycles. The molecule has 0 amide bonds. The van der Waals surface area contributed by atoms with Gasteiger partial charge in [-0.3, -0.25) is 14.4 Å². The number of ketones is 1. The first-order chi connectivity index (χ1) is 14.4. The number of fused-ring (bicyclic) bond motifs is 1. The van der Waals surface area contributed by atoms with Crippen LogP contribution < -0.4 is 9.61 Å². The van der Waals surface area contributed by atoms with Gasteiger partial charge in [0.25, 0.3) is 0 Å². The van der Waals surface area contributed by atoms with Crippen molar-refractivity contribution >= 4 is 50.8 Å². The first-order valence-electron chi connectivity index (χ1n) is 8.95. The second kappa shape index (κ2) is 8.41. The fourth-order valence-electron chi connectivity index (χ4n) is 3.63. The highest BCUT2D eigenvalue weighted by atomic mass is 79.9. The first-order valence-corrected chi connectivity index (χ1v) is 11.4. The molecule has 0 unspecified atom stereocenters. The lowest BCUT2D eigenvalue weighted by atomic mass is 9.78. The molecule has 1 aromatic heterocycles. The van der Waals surface area contributed by atoms with Crippen LogP contribution in [0.2, 0.25) is 0 Å². The van der Waals surface area contributed by atoms with Gasteiger partial charge >= 0.3 is 10.8 Å². The van der Waals surface area contributed by atoms with Gasteiger partial charge in [-0.1, -0.05) is 63.3 Å². The number of hydrogen-bond acceptors (Lipinski definition) is 6. The monoisotopic (exact) mass is 505 g/mol. The SMILES string of the molecule is COc1ccc([C@@H]2c3sc(=O)[nH]c3S[C@@H](C(=O)O)[C@@H]2C(=O)c2ccc(Br)cc2)cc1. The number of H-pyrrole nitrogens is 1. The third kappa shape index (κ3) is 3.84. The normalized spacial score (nSPS) is 20.4. The van der Waals surface area contributed by atoms with Gasteiger partial charge in [0.05, 0.1) is 18.1 Å². The molecule has 0 saturated carbocycles. The molecular formula is C21H16BrNO5S2. The highest BCUT2D eigenvalue weighted by Crippen LogP contribution is 2.50. The molecule has 1 aliphatic rings. The Hall–Kier alpha value is -2.36. The number of thiazole rings is 1. The maximum absolute atomic E-state index is 13.5. The average Bonchev–Trinajstić information content (AvgIpc) is 3.12. The van der Waals surface area contributed by atoms with Crippen LogP contribution in [0.25, 0.3) is 0 Å². The van der Waals surface area contributed by atoms with Gasteiger partial charge in [0.2, 0.25) is 0 Å². The Kier molecular flexibility index (Phi) is 5.86. The van der Waals surface area contributed by atoms with E-state index in [0.29, 0.717) is 21.2 Å². The zero-order chi connectivity index (χ0) is 21.4. The zero-order valence-electron chi connectivity index (χ0n) is 15.6. The molecule has 3 atom stereocenters. The van der Waals surface area contributed by atoms with Gasteiger partial charge in [0.15, 0.2) is 5.78 Å². The summed E-state index contributed by atoms with van der Waals surface area (Å²) in [6, 6.07) is 14.0. The van der Waals surface area contributed by atoms with Gasteiger partial charge in [-0.25, -0.2) is 0 Å². The number of hydrogen-bond donors (Lipinski definition) is 2. The van der Waals surface area contributed by atoms with E-state index in [4.69, 9.17) is 4.74 Å². The molecule has 0 spiro atoms. The van der Waals surface area contributed by atoms with Crippen molar-refractivity contribution < 1.29 is 19.4 Å². The fraction of sp³-hybridized carbons (Fsp3) is 0.190. The summed E-state index contributed by atoms with van der Waals surface area (Å²) >= 11 is 5.40. The second-order valence-electron chi connectivity index (χ2n) is 6.73. The number of nitrogens with one attached hydrogen (secondary N) is 1. The predicted octanol–water partition coefficient (Wildman–Crippen LogP) is 4.40. The summed E-state index contributed by atoms with van der Waals surface area (Å²) in [5.41, 5.74) is 1.19. The van der Waals surface area contributed by atoms with Crippen LogP contribution in [0.1, 0.15) is 26.7 Å². The summed E-state index contributed by atoms with van der Waals surface area (Å²) in [6.07, 6.45) is 0. The van der Waals surface area contributed by atoms with E-state index in [9.17, 15) is 19.5 Å². The van der Waals surface area contributed by atoms with E-state index < -0.39 is 23.1 Å². The minimum Gasteiger partial charge on any atom is -0.497 e. The maximum Gasteiger partial charge on any atom is 0.317 e. The molecule has 9 heteroatoms. The largest absolute Gasteiger partial charge is 0.497 e. The molecule has 2 heterocycles. The summed E-state index contributed by atoms with van der Waals surface area (Å²) in [4.78, 5) is 40.9. The molecule has 2 aromatic carbocycles. The molecule has 4 rings (SSSR count). The molecule has 3 aromatic rings. The van der Waals surface area contributed by atoms with Crippen LogP contribution in [0.4, 0.5) is 0 Å². The lowest BCUT2D eigenvalue weighted by Crippen LogP contribution is -2.39. The van der Waals surface area contributed by atoms with Crippen molar-refractivity contribution in [1.29, 1.82) is 0 Å². The van der Waals surface area contributed by atoms with Crippen molar-refractivity contribution in [3.05, 3.63) is 78.7 Å². The number of halogens is 1. The summed E-state index contributed by atoms with van der Waals surface area (Å²) in [5.74, 6) is -2.15. The van der Waals surface area contributed by atoms with Crippen LogP contribution in [0.3, 0.4) is 0 Å². The highest BCUT2D eigenvalue weighted by molar-refractivity contribution is 9.10. The number of aromatic nitrogens is 1. The molecule has 2 N–H and O–H groups in total. The summed E-state index contributed by atoms with van der Waals surface area (Å²) in [5, 5.41) is 9.41. The van der Waals surface area contributed by atoms with Crippen molar-refractivity contribution in [2.75, 3.05) is 7.11 Å².